The maximum Gasteiger partial charge on any atom is 0.265 e. The number of aryl methyl sites for hydroxylation is 2. The second-order valence-corrected chi connectivity index (χ2v) is 7.05. The topological polar surface area (TPSA) is 96.9 Å². The van der Waals surface area contributed by atoms with Crippen LogP contribution in [0.15, 0.2) is 16.3 Å². The maximum absolute atomic E-state index is 12.4. The standard InChI is InChI=1S/C12H17N5O2S2/c1-4-13-7-10-11(5-6-20-10)21(18,19)17-12-14-8(2)9(3)15-16-12/h5-6,13H,4,7H2,1-3H3,(H,14,16,17). The molecule has 9 heteroatoms. The molecule has 0 saturated carbocycles. The summed E-state index contributed by atoms with van der Waals surface area (Å²) in [6, 6.07) is 1.58. The molecule has 0 unspecified atom stereocenters. The van der Waals surface area contributed by atoms with Gasteiger partial charge in [0.05, 0.1) is 11.4 Å². The SMILES string of the molecule is CCNCc1sccc1S(=O)(=O)Nc1nnc(C)c(C)n1. The van der Waals surface area contributed by atoms with Gasteiger partial charge >= 0.3 is 0 Å². The lowest BCUT2D eigenvalue weighted by molar-refractivity contribution is 0.599. The molecule has 2 N–H and O–H groups in total. The zero-order chi connectivity index (χ0) is 15.5. The fraction of sp³-hybridized carbons (Fsp3) is 0.417. The molecule has 7 nitrogen and oxygen atoms in total. The van der Waals surface area contributed by atoms with Gasteiger partial charge < -0.3 is 5.32 Å². The average Bonchev–Trinajstić information content (AvgIpc) is 2.89. The summed E-state index contributed by atoms with van der Waals surface area (Å²) >= 11 is 1.39. The molecular formula is C12H17N5O2S2. The number of nitrogens with zero attached hydrogens (tertiary/aromatic N) is 3. The third kappa shape index (κ3) is 3.74. The van der Waals surface area contributed by atoms with Crippen molar-refractivity contribution in [2.24, 2.45) is 0 Å². The van der Waals surface area contributed by atoms with E-state index >= 15 is 0 Å². The average molecular weight is 327 g/mol. The minimum absolute atomic E-state index is 0.0151. The van der Waals surface area contributed by atoms with Gasteiger partial charge in [-0.25, -0.2) is 18.1 Å². The second kappa shape index (κ2) is 6.46. The number of hydrogen-bond acceptors (Lipinski definition) is 7. The molecule has 0 bridgehead atoms. The van der Waals surface area contributed by atoms with E-state index in [1.54, 1.807) is 25.3 Å². The van der Waals surface area contributed by atoms with Gasteiger partial charge in [-0.15, -0.1) is 16.4 Å². The van der Waals surface area contributed by atoms with E-state index in [4.69, 9.17) is 0 Å². The number of aromatic nitrogens is 3. The molecule has 21 heavy (non-hydrogen) atoms. The van der Waals surface area contributed by atoms with Crippen molar-refractivity contribution < 1.29 is 8.42 Å². The molecule has 0 aliphatic heterocycles. The fourth-order valence-corrected chi connectivity index (χ4v) is 3.96. The Balaban J connectivity index is 2.26. The van der Waals surface area contributed by atoms with Gasteiger partial charge in [0.15, 0.2) is 0 Å². The van der Waals surface area contributed by atoms with Crippen molar-refractivity contribution in [3.05, 3.63) is 27.7 Å². The summed E-state index contributed by atoms with van der Waals surface area (Å²) in [4.78, 5) is 5.08. The number of rotatable bonds is 6. The molecule has 0 atom stereocenters. The minimum Gasteiger partial charge on any atom is -0.312 e. The van der Waals surface area contributed by atoms with E-state index in [9.17, 15) is 8.42 Å². The molecule has 0 saturated heterocycles. The summed E-state index contributed by atoms with van der Waals surface area (Å²) in [6.07, 6.45) is 0. The summed E-state index contributed by atoms with van der Waals surface area (Å²) in [5.41, 5.74) is 1.31. The third-order valence-electron chi connectivity index (χ3n) is 2.85. The molecular weight excluding hydrogens is 310 g/mol. The first-order chi connectivity index (χ1) is 9.94. The fourth-order valence-electron chi connectivity index (χ4n) is 1.61. The van der Waals surface area contributed by atoms with Crippen LogP contribution in [-0.2, 0) is 16.6 Å². The van der Waals surface area contributed by atoms with Gasteiger partial charge in [-0.3, -0.25) is 0 Å². The third-order valence-corrected chi connectivity index (χ3v) is 5.31. The van der Waals surface area contributed by atoms with Crippen LogP contribution in [-0.4, -0.2) is 30.1 Å². The molecule has 0 radical (unpaired) electrons. The van der Waals surface area contributed by atoms with Gasteiger partial charge in [-0.1, -0.05) is 6.92 Å². The predicted octanol–water partition coefficient (Wildman–Crippen LogP) is 1.46. The van der Waals surface area contributed by atoms with Crippen molar-refractivity contribution in [1.29, 1.82) is 0 Å². The van der Waals surface area contributed by atoms with Crippen LogP contribution in [0, 0.1) is 13.8 Å². The summed E-state index contributed by atoms with van der Waals surface area (Å²) in [7, 11) is -3.71. The van der Waals surface area contributed by atoms with Crippen LogP contribution in [0.4, 0.5) is 5.95 Å². The van der Waals surface area contributed by atoms with Crippen molar-refractivity contribution in [3.63, 3.8) is 0 Å². The first-order valence-electron chi connectivity index (χ1n) is 6.42. The number of thiophene rings is 1. The van der Waals surface area contributed by atoms with Gasteiger partial charge in [0.1, 0.15) is 4.90 Å². The summed E-state index contributed by atoms with van der Waals surface area (Å²) in [5, 5.41) is 12.5. The normalized spacial score (nSPS) is 11.6. The molecule has 0 fully saturated rings. The first-order valence-corrected chi connectivity index (χ1v) is 8.78. The van der Waals surface area contributed by atoms with Crippen LogP contribution in [0.3, 0.4) is 0 Å². The van der Waals surface area contributed by atoms with Gasteiger partial charge in [-0.2, -0.15) is 5.10 Å². The van der Waals surface area contributed by atoms with Crippen molar-refractivity contribution in [2.75, 3.05) is 11.3 Å². The number of anilines is 1. The van der Waals surface area contributed by atoms with Gasteiger partial charge in [0.2, 0.25) is 0 Å². The van der Waals surface area contributed by atoms with E-state index in [0.29, 0.717) is 17.9 Å². The van der Waals surface area contributed by atoms with Crippen LogP contribution in [0.1, 0.15) is 23.2 Å². The van der Waals surface area contributed by atoms with Crippen LogP contribution < -0.4 is 10.0 Å². The zero-order valence-corrected chi connectivity index (χ0v) is 13.7. The lowest BCUT2D eigenvalue weighted by atomic mass is 10.4. The Labute approximate surface area is 127 Å². The van der Waals surface area contributed by atoms with E-state index in [-0.39, 0.29) is 10.8 Å². The van der Waals surface area contributed by atoms with Gasteiger partial charge in [0.25, 0.3) is 16.0 Å². The Morgan fingerprint density at radius 1 is 1.24 bits per heavy atom. The van der Waals surface area contributed by atoms with Crippen LogP contribution in [0.2, 0.25) is 0 Å². The largest absolute Gasteiger partial charge is 0.312 e. The van der Waals surface area contributed by atoms with E-state index in [1.165, 1.54) is 11.3 Å². The molecule has 0 spiro atoms. The van der Waals surface area contributed by atoms with E-state index in [1.807, 2.05) is 6.92 Å². The molecule has 0 aliphatic rings. The highest BCUT2D eigenvalue weighted by atomic mass is 32.2. The van der Waals surface area contributed by atoms with Crippen molar-refractivity contribution in [1.82, 2.24) is 20.5 Å². The van der Waals surface area contributed by atoms with Crippen LogP contribution in [0.5, 0.6) is 0 Å². The Bertz CT molecular complexity index is 727. The smallest absolute Gasteiger partial charge is 0.265 e. The van der Waals surface area contributed by atoms with E-state index in [0.717, 1.165) is 11.4 Å². The lowest BCUT2D eigenvalue weighted by Gasteiger charge is -2.08. The molecule has 2 rings (SSSR count). The monoisotopic (exact) mass is 327 g/mol. The van der Waals surface area contributed by atoms with Crippen molar-refractivity contribution in [2.45, 2.75) is 32.2 Å². The summed E-state index contributed by atoms with van der Waals surface area (Å²) in [6.45, 7) is 6.77. The Morgan fingerprint density at radius 3 is 2.67 bits per heavy atom. The molecule has 2 heterocycles. The Kier molecular flexibility index (Phi) is 4.86. The second-order valence-electron chi connectivity index (χ2n) is 4.40. The first kappa shape index (κ1) is 15.8. The minimum atomic E-state index is -3.71. The highest BCUT2D eigenvalue weighted by Crippen LogP contribution is 2.23. The molecule has 0 aliphatic carbocycles. The van der Waals surface area contributed by atoms with E-state index < -0.39 is 10.0 Å². The molecule has 0 amide bonds. The van der Waals surface area contributed by atoms with Gasteiger partial charge in [0, 0.05) is 11.4 Å². The number of sulfonamides is 1. The highest BCUT2D eigenvalue weighted by molar-refractivity contribution is 7.92. The lowest BCUT2D eigenvalue weighted by Crippen LogP contribution is -2.19. The van der Waals surface area contributed by atoms with Crippen molar-refractivity contribution in [3.8, 4) is 0 Å². The Morgan fingerprint density at radius 2 is 2.00 bits per heavy atom. The highest BCUT2D eigenvalue weighted by Gasteiger charge is 2.21. The molecule has 2 aromatic rings. The predicted molar refractivity (Wildman–Crippen MR) is 81.8 cm³/mol. The number of hydrogen-bond donors (Lipinski definition) is 2. The van der Waals surface area contributed by atoms with Crippen LogP contribution >= 0.6 is 11.3 Å². The van der Waals surface area contributed by atoms with Crippen LogP contribution in [0.25, 0.3) is 0 Å². The quantitative estimate of drug-likeness (QED) is 0.834. The molecule has 114 valence electrons. The maximum atomic E-state index is 12.4. The Hall–Kier alpha value is -1.58. The summed E-state index contributed by atoms with van der Waals surface area (Å²) in [5.74, 6) is -0.0151. The summed E-state index contributed by atoms with van der Waals surface area (Å²) < 4.78 is 27.2. The molecule has 2 aromatic heterocycles. The van der Waals surface area contributed by atoms with E-state index in [2.05, 4.69) is 25.2 Å². The van der Waals surface area contributed by atoms with Crippen molar-refractivity contribution >= 4 is 27.3 Å². The zero-order valence-electron chi connectivity index (χ0n) is 12.0. The number of nitrogens with one attached hydrogen (secondary N) is 2. The van der Waals surface area contributed by atoms with Gasteiger partial charge in [-0.05, 0) is 31.8 Å². The molecule has 0 aromatic carbocycles.